The zero-order chi connectivity index (χ0) is 13.1. The Kier molecular flexibility index (Phi) is 3.76. The van der Waals surface area contributed by atoms with Crippen molar-refractivity contribution in [1.29, 1.82) is 5.26 Å². The van der Waals surface area contributed by atoms with E-state index in [9.17, 15) is 0 Å². The molecule has 0 saturated carbocycles. The first-order chi connectivity index (χ1) is 8.60. The van der Waals surface area contributed by atoms with Gasteiger partial charge < -0.3 is 4.74 Å². The Hall–Kier alpha value is -1.69. The van der Waals surface area contributed by atoms with Gasteiger partial charge in [-0.25, -0.2) is 0 Å². The maximum atomic E-state index is 9.02. The monoisotopic (exact) mass is 277 g/mol. The fourth-order valence-corrected chi connectivity index (χ4v) is 1.93. The number of hydrogen-bond acceptors (Lipinski definition) is 2. The molecule has 90 valence electrons. The van der Waals surface area contributed by atoms with E-state index in [0.29, 0.717) is 27.1 Å². The Balaban J connectivity index is 2.40. The maximum absolute atomic E-state index is 9.02. The number of benzene rings is 2. The van der Waals surface area contributed by atoms with E-state index in [1.807, 2.05) is 13.0 Å². The summed E-state index contributed by atoms with van der Waals surface area (Å²) in [5.74, 6) is 0.963. The third kappa shape index (κ3) is 2.76. The predicted molar refractivity (Wildman–Crippen MR) is 72.4 cm³/mol. The number of nitriles is 1. The lowest BCUT2D eigenvalue weighted by atomic mass is 10.1. The molecule has 18 heavy (non-hydrogen) atoms. The number of ether oxygens (including phenoxy) is 1. The lowest BCUT2D eigenvalue weighted by molar-refractivity contribution is 0.481. The van der Waals surface area contributed by atoms with Crippen LogP contribution in [0.3, 0.4) is 0 Å². The van der Waals surface area contributed by atoms with Crippen molar-refractivity contribution in [3.05, 3.63) is 57.6 Å². The highest BCUT2D eigenvalue weighted by atomic mass is 35.5. The molecule has 0 aliphatic rings. The molecule has 0 atom stereocenters. The number of hydrogen-bond donors (Lipinski definition) is 0. The lowest BCUT2D eigenvalue weighted by Gasteiger charge is -2.09. The molecular formula is C14H9Cl2NO. The molecule has 0 bridgehead atoms. The van der Waals surface area contributed by atoms with E-state index in [1.165, 1.54) is 0 Å². The van der Waals surface area contributed by atoms with Crippen LogP contribution in [0.15, 0.2) is 36.4 Å². The van der Waals surface area contributed by atoms with Crippen LogP contribution in [0.2, 0.25) is 10.0 Å². The number of rotatable bonds is 2. The van der Waals surface area contributed by atoms with Crippen molar-refractivity contribution in [2.24, 2.45) is 0 Å². The summed E-state index contributed by atoms with van der Waals surface area (Å²) < 4.78 is 5.65. The normalized spacial score (nSPS) is 9.89. The molecule has 0 amide bonds. The number of aryl methyl sites for hydroxylation is 1. The molecule has 2 rings (SSSR count). The van der Waals surface area contributed by atoms with Crippen LogP contribution in [0, 0.1) is 18.3 Å². The molecule has 0 radical (unpaired) electrons. The van der Waals surface area contributed by atoms with Crippen molar-refractivity contribution in [3.63, 3.8) is 0 Å². The van der Waals surface area contributed by atoms with Gasteiger partial charge >= 0.3 is 0 Å². The lowest BCUT2D eigenvalue weighted by Crippen LogP contribution is -1.90. The second kappa shape index (κ2) is 5.30. The maximum Gasteiger partial charge on any atom is 0.146 e. The minimum atomic E-state index is 0.410. The SMILES string of the molecule is Cc1ccc(C#N)c(Oc2ccc(Cl)cc2Cl)c1. The topological polar surface area (TPSA) is 33.0 Å². The summed E-state index contributed by atoms with van der Waals surface area (Å²) in [5, 5.41) is 9.97. The molecule has 0 saturated heterocycles. The van der Waals surface area contributed by atoms with Gasteiger partial charge in [0.1, 0.15) is 17.6 Å². The van der Waals surface area contributed by atoms with Gasteiger partial charge in [-0.05, 0) is 42.8 Å². The standard InChI is InChI=1S/C14H9Cl2NO/c1-9-2-3-10(8-17)14(6-9)18-13-5-4-11(15)7-12(13)16/h2-7H,1H3. The van der Waals surface area contributed by atoms with Gasteiger partial charge in [-0.2, -0.15) is 5.26 Å². The molecule has 0 aromatic heterocycles. The Labute approximate surface area is 115 Å². The fraction of sp³-hybridized carbons (Fsp3) is 0.0714. The number of halogens is 2. The summed E-state index contributed by atoms with van der Waals surface area (Å²) in [6, 6.07) is 12.4. The molecule has 2 aromatic carbocycles. The van der Waals surface area contributed by atoms with Crippen molar-refractivity contribution in [2.45, 2.75) is 6.92 Å². The summed E-state index contributed by atoms with van der Waals surface area (Å²) >= 11 is 11.8. The summed E-state index contributed by atoms with van der Waals surface area (Å²) in [7, 11) is 0. The molecule has 4 heteroatoms. The Bertz CT molecular complexity index is 632. The van der Waals surface area contributed by atoms with Gasteiger partial charge in [0.25, 0.3) is 0 Å². The van der Waals surface area contributed by atoms with E-state index in [2.05, 4.69) is 6.07 Å². The minimum absolute atomic E-state index is 0.410. The van der Waals surface area contributed by atoms with Gasteiger partial charge in [-0.1, -0.05) is 29.3 Å². The summed E-state index contributed by atoms with van der Waals surface area (Å²) in [4.78, 5) is 0. The van der Waals surface area contributed by atoms with E-state index >= 15 is 0 Å². The smallest absolute Gasteiger partial charge is 0.146 e. The molecule has 0 aliphatic carbocycles. The molecule has 0 N–H and O–H groups in total. The number of nitrogens with zero attached hydrogens (tertiary/aromatic N) is 1. The van der Waals surface area contributed by atoms with Gasteiger partial charge in [-0.15, -0.1) is 0 Å². The third-order valence-electron chi connectivity index (χ3n) is 2.37. The fourth-order valence-electron chi connectivity index (χ4n) is 1.48. The van der Waals surface area contributed by atoms with Gasteiger partial charge in [0, 0.05) is 5.02 Å². The van der Waals surface area contributed by atoms with Gasteiger partial charge in [0.2, 0.25) is 0 Å². The highest BCUT2D eigenvalue weighted by Crippen LogP contribution is 2.33. The van der Waals surface area contributed by atoms with Crippen LogP contribution in [-0.2, 0) is 0 Å². The summed E-state index contributed by atoms with van der Waals surface area (Å²) in [6.07, 6.45) is 0. The third-order valence-corrected chi connectivity index (χ3v) is 2.90. The Morgan fingerprint density at radius 3 is 2.50 bits per heavy atom. The largest absolute Gasteiger partial charge is 0.454 e. The van der Waals surface area contributed by atoms with Crippen molar-refractivity contribution in [3.8, 4) is 17.6 Å². The molecule has 2 nitrogen and oxygen atoms in total. The van der Waals surface area contributed by atoms with Gasteiger partial charge in [0.05, 0.1) is 10.6 Å². The zero-order valence-corrected chi connectivity index (χ0v) is 11.1. The molecule has 0 heterocycles. The van der Waals surface area contributed by atoms with Crippen molar-refractivity contribution < 1.29 is 4.74 Å². The van der Waals surface area contributed by atoms with Gasteiger partial charge in [-0.3, -0.25) is 0 Å². The average molecular weight is 278 g/mol. The zero-order valence-electron chi connectivity index (χ0n) is 9.58. The van der Waals surface area contributed by atoms with Crippen LogP contribution >= 0.6 is 23.2 Å². The van der Waals surface area contributed by atoms with Crippen LogP contribution in [-0.4, -0.2) is 0 Å². The quantitative estimate of drug-likeness (QED) is 0.777. The van der Waals surface area contributed by atoms with E-state index in [0.717, 1.165) is 5.56 Å². The molecule has 2 aromatic rings. The van der Waals surface area contributed by atoms with Crippen LogP contribution in [0.25, 0.3) is 0 Å². The van der Waals surface area contributed by atoms with E-state index in [4.69, 9.17) is 33.2 Å². The average Bonchev–Trinajstić information content (AvgIpc) is 2.33. The van der Waals surface area contributed by atoms with Crippen LogP contribution in [0.5, 0.6) is 11.5 Å². The highest BCUT2D eigenvalue weighted by molar-refractivity contribution is 6.35. The Morgan fingerprint density at radius 2 is 1.83 bits per heavy atom. The first-order valence-electron chi connectivity index (χ1n) is 5.24. The van der Waals surface area contributed by atoms with Crippen LogP contribution in [0.4, 0.5) is 0 Å². The van der Waals surface area contributed by atoms with Crippen molar-refractivity contribution in [1.82, 2.24) is 0 Å². The second-order valence-corrected chi connectivity index (χ2v) is 4.63. The summed E-state index contributed by atoms with van der Waals surface area (Å²) in [6.45, 7) is 1.93. The van der Waals surface area contributed by atoms with E-state index in [1.54, 1.807) is 30.3 Å². The molecular weight excluding hydrogens is 269 g/mol. The molecule has 0 fully saturated rings. The predicted octanol–water partition coefficient (Wildman–Crippen LogP) is 4.97. The minimum Gasteiger partial charge on any atom is -0.454 e. The van der Waals surface area contributed by atoms with Crippen molar-refractivity contribution in [2.75, 3.05) is 0 Å². The first kappa shape index (κ1) is 12.8. The van der Waals surface area contributed by atoms with Gasteiger partial charge in [0.15, 0.2) is 0 Å². The first-order valence-corrected chi connectivity index (χ1v) is 5.99. The van der Waals surface area contributed by atoms with E-state index in [-0.39, 0.29) is 0 Å². The van der Waals surface area contributed by atoms with Crippen LogP contribution < -0.4 is 4.74 Å². The van der Waals surface area contributed by atoms with Crippen LogP contribution in [0.1, 0.15) is 11.1 Å². The molecule has 0 spiro atoms. The summed E-state index contributed by atoms with van der Waals surface area (Å²) in [5.41, 5.74) is 1.47. The van der Waals surface area contributed by atoms with E-state index < -0.39 is 0 Å². The van der Waals surface area contributed by atoms with Crippen molar-refractivity contribution >= 4 is 23.2 Å². The second-order valence-electron chi connectivity index (χ2n) is 3.79. The highest BCUT2D eigenvalue weighted by Gasteiger charge is 2.08. The molecule has 0 unspecified atom stereocenters. The Morgan fingerprint density at radius 1 is 1.06 bits per heavy atom. The molecule has 0 aliphatic heterocycles.